The number of aliphatic hydroxyl groups is 2. The summed E-state index contributed by atoms with van der Waals surface area (Å²) in [6.45, 7) is 1.78. The number of hydrogen-bond donors (Lipinski definition) is 2. The average Bonchev–Trinajstić information content (AvgIpc) is 2.27. The fraction of sp³-hybridized carbons (Fsp3) is 0.455. The van der Waals surface area contributed by atoms with Gasteiger partial charge in [0.2, 0.25) is 0 Å². The maximum atomic E-state index is 9.75. The number of ether oxygens (including phenoxy) is 1. The third-order valence-corrected chi connectivity index (χ3v) is 2.28. The Hall–Kier alpha value is -1.06. The van der Waals surface area contributed by atoms with Crippen LogP contribution in [0.3, 0.4) is 0 Å². The van der Waals surface area contributed by atoms with Crippen molar-refractivity contribution in [3.05, 3.63) is 29.8 Å². The predicted octanol–water partition coefficient (Wildman–Crippen LogP) is 1.36. The topological polar surface area (TPSA) is 49.7 Å². The van der Waals surface area contributed by atoms with Crippen molar-refractivity contribution in [2.75, 3.05) is 13.7 Å². The van der Waals surface area contributed by atoms with Crippen LogP contribution in [-0.4, -0.2) is 23.9 Å². The molecule has 1 rings (SSSR count). The summed E-state index contributed by atoms with van der Waals surface area (Å²) >= 11 is 0. The Morgan fingerprint density at radius 1 is 1.29 bits per heavy atom. The highest BCUT2D eigenvalue weighted by atomic mass is 16.5. The summed E-state index contributed by atoms with van der Waals surface area (Å²) in [6.07, 6.45) is -0.620. The summed E-state index contributed by atoms with van der Waals surface area (Å²) in [5.41, 5.74) is 0.798. The molecule has 0 heterocycles. The van der Waals surface area contributed by atoms with E-state index in [9.17, 15) is 5.11 Å². The van der Waals surface area contributed by atoms with Gasteiger partial charge < -0.3 is 14.9 Å². The fourth-order valence-corrected chi connectivity index (χ4v) is 1.23. The van der Waals surface area contributed by atoms with E-state index >= 15 is 0 Å². The summed E-state index contributed by atoms with van der Waals surface area (Å²) < 4.78 is 5.00. The molecule has 3 nitrogen and oxygen atoms in total. The molecule has 1 aromatic rings. The van der Waals surface area contributed by atoms with Crippen LogP contribution in [0, 0.1) is 5.92 Å². The molecule has 0 aliphatic carbocycles. The second-order valence-corrected chi connectivity index (χ2v) is 3.38. The molecule has 0 unspecified atom stereocenters. The van der Waals surface area contributed by atoms with Gasteiger partial charge in [-0.1, -0.05) is 19.1 Å². The van der Waals surface area contributed by atoms with Gasteiger partial charge in [0.15, 0.2) is 0 Å². The van der Waals surface area contributed by atoms with Crippen molar-refractivity contribution in [2.45, 2.75) is 13.0 Å². The Balaban J connectivity index is 2.75. The predicted molar refractivity (Wildman–Crippen MR) is 54.2 cm³/mol. The molecule has 2 N–H and O–H groups in total. The quantitative estimate of drug-likeness (QED) is 0.764. The van der Waals surface area contributed by atoms with E-state index in [-0.39, 0.29) is 12.5 Å². The minimum Gasteiger partial charge on any atom is -0.497 e. The zero-order chi connectivity index (χ0) is 10.6. The van der Waals surface area contributed by atoms with Crippen molar-refractivity contribution >= 4 is 0 Å². The van der Waals surface area contributed by atoms with Gasteiger partial charge in [-0.25, -0.2) is 0 Å². The maximum absolute atomic E-state index is 9.75. The molecule has 0 aromatic heterocycles. The average molecular weight is 196 g/mol. The molecule has 0 aliphatic rings. The van der Waals surface area contributed by atoms with Crippen LogP contribution in [0.4, 0.5) is 0 Å². The molecular formula is C11H16O3. The third-order valence-electron chi connectivity index (χ3n) is 2.28. The summed E-state index contributed by atoms with van der Waals surface area (Å²) in [4.78, 5) is 0. The molecule has 0 bridgehead atoms. The number of methoxy groups -OCH3 is 1. The lowest BCUT2D eigenvalue weighted by Gasteiger charge is -2.16. The summed E-state index contributed by atoms with van der Waals surface area (Å²) in [5.74, 6) is 0.612. The van der Waals surface area contributed by atoms with Gasteiger partial charge >= 0.3 is 0 Å². The van der Waals surface area contributed by atoms with Crippen LogP contribution in [0.2, 0.25) is 0 Å². The highest BCUT2D eigenvalue weighted by Crippen LogP contribution is 2.23. The highest BCUT2D eigenvalue weighted by molar-refractivity contribution is 5.28. The minimum atomic E-state index is -0.620. The van der Waals surface area contributed by atoms with Crippen LogP contribution in [0.15, 0.2) is 24.3 Å². The summed E-state index contributed by atoms with van der Waals surface area (Å²) in [7, 11) is 1.60. The SMILES string of the molecule is COc1ccc([C@H](O)[C@H](C)CO)cc1. The molecule has 78 valence electrons. The van der Waals surface area contributed by atoms with E-state index in [1.165, 1.54) is 0 Å². The van der Waals surface area contributed by atoms with Crippen LogP contribution in [0.1, 0.15) is 18.6 Å². The van der Waals surface area contributed by atoms with Gasteiger partial charge in [0, 0.05) is 12.5 Å². The number of hydrogen-bond acceptors (Lipinski definition) is 3. The summed E-state index contributed by atoms with van der Waals surface area (Å²) in [5, 5.41) is 18.6. The molecule has 0 radical (unpaired) electrons. The van der Waals surface area contributed by atoms with E-state index in [0.29, 0.717) is 0 Å². The van der Waals surface area contributed by atoms with Crippen LogP contribution < -0.4 is 4.74 Å². The van der Waals surface area contributed by atoms with Gasteiger partial charge in [-0.15, -0.1) is 0 Å². The van der Waals surface area contributed by atoms with Gasteiger partial charge in [0.1, 0.15) is 5.75 Å². The minimum absolute atomic E-state index is 0.0206. The van der Waals surface area contributed by atoms with Crippen LogP contribution in [0.5, 0.6) is 5.75 Å². The van der Waals surface area contributed by atoms with Gasteiger partial charge in [0.05, 0.1) is 13.2 Å². The first kappa shape index (κ1) is 11.0. The Labute approximate surface area is 84.0 Å². The Bertz CT molecular complexity index is 268. The molecule has 0 amide bonds. The van der Waals surface area contributed by atoms with Crippen LogP contribution in [-0.2, 0) is 0 Å². The Kier molecular flexibility index (Phi) is 3.92. The Morgan fingerprint density at radius 2 is 1.86 bits per heavy atom. The molecule has 0 aliphatic heterocycles. The molecule has 2 atom stereocenters. The second-order valence-electron chi connectivity index (χ2n) is 3.38. The molecule has 0 saturated carbocycles. The van der Waals surface area contributed by atoms with E-state index in [1.54, 1.807) is 38.3 Å². The lowest BCUT2D eigenvalue weighted by atomic mass is 9.98. The first-order valence-corrected chi connectivity index (χ1v) is 4.62. The van der Waals surface area contributed by atoms with E-state index in [4.69, 9.17) is 9.84 Å². The van der Waals surface area contributed by atoms with E-state index in [1.807, 2.05) is 0 Å². The largest absolute Gasteiger partial charge is 0.497 e. The Morgan fingerprint density at radius 3 is 2.29 bits per heavy atom. The maximum Gasteiger partial charge on any atom is 0.118 e. The molecule has 1 aromatic carbocycles. The van der Waals surface area contributed by atoms with Crippen molar-refractivity contribution in [1.82, 2.24) is 0 Å². The zero-order valence-corrected chi connectivity index (χ0v) is 8.47. The van der Waals surface area contributed by atoms with Crippen LogP contribution >= 0.6 is 0 Å². The van der Waals surface area contributed by atoms with Gasteiger partial charge in [-0.3, -0.25) is 0 Å². The normalized spacial score (nSPS) is 14.9. The summed E-state index contributed by atoms with van der Waals surface area (Å²) in [6, 6.07) is 7.19. The molecular weight excluding hydrogens is 180 g/mol. The van der Waals surface area contributed by atoms with Gasteiger partial charge in [0.25, 0.3) is 0 Å². The zero-order valence-electron chi connectivity index (χ0n) is 8.47. The lowest BCUT2D eigenvalue weighted by molar-refractivity contribution is 0.0770. The van der Waals surface area contributed by atoms with Crippen LogP contribution in [0.25, 0.3) is 0 Å². The lowest BCUT2D eigenvalue weighted by Crippen LogP contribution is -2.12. The number of benzene rings is 1. The molecule has 14 heavy (non-hydrogen) atoms. The number of rotatable bonds is 4. The molecule has 0 fully saturated rings. The van der Waals surface area contributed by atoms with Gasteiger partial charge in [-0.05, 0) is 17.7 Å². The van der Waals surface area contributed by atoms with E-state index < -0.39 is 6.10 Å². The van der Waals surface area contributed by atoms with Crippen molar-refractivity contribution in [3.63, 3.8) is 0 Å². The number of aliphatic hydroxyl groups excluding tert-OH is 2. The fourth-order valence-electron chi connectivity index (χ4n) is 1.23. The third kappa shape index (κ3) is 2.47. The van der Waals surface area contributed by atoms with E-state index in [0.717, 1.165) is 11.3 Å². The van der Waals surface area contributed by atoms with Gasteiger partial charge in [-0.2, -0.15) is 0 Å². The smallest absolute Gasteiger partial charge is 0.118 e. The van der Waals surface area contributed by atoms with Crippen molar-refractivity contribution in [1.29, 1.82) is 0 Å². The molecule has 3 heteroatoms. The second kappa shape index (κ2) is 4.98. The van der Waals surface area contributed by atoms with Crippen molar-refractivity contribution < 1.29 is 14.9 Å². The van der Waals surface area contributed by atoms with E-state index in [2.05, 4.69) is 0 Å². The van der Waals surface area contributed by atoms with Crippen molar-refractivity contribution in [2.24, 2.45) is 5.92 Å². The molecule has 0 spiro atoms. The molecule has 0 saturated heterocycles. The standard InChI is InChI=1S/C11H16O3/c1-8(7-12)11(13)9-3-5-10(14-2)6-4-9/h3-6,8,11-13H,7H2,1-2H3/t8-,11-/m1/s1. The highest BCUT2D eigenvalue weighted by Gasteiger charge is 2.14. The monoisotopic (exact) mass is 196 g/mol. The first-order chi connectivity index (χ1) is 6.69. The van der Waals surface area contributed by atoms with Crippen molar-refractivity contribution in [3.8, 4) is 5.75 Å². The first-order valence-electron chi connectivity index (χ1n) is 4.62.